The molecule has 5 heteroatoms. The molecule has 126 valence electrons. The number of hydrogen-bond donors (Lipinski definition) is 1. The van der Waals surface area contributed by atoms with Gasteiger partial charge < -0.3 is 10.1 Å². The molecule has 0 aliphatic rings. The number of nitroso groups, excluding NO2 is 1. The highest BCUT2D eigenvalue weighted by atomic mass is 16.5. The SMILES string of the molecule is CCOC(=O)C(N=O)c1ccccc1CCNCc1ccccc1. The van der Waals surface area contributed by atoms with Gasteiger partial charge in [0.1, 0.15) is 0 Å². The number of carbonyl (C=O) groups is 1. The third kappa shape index (κ3) is 4.99. The predicted molar refractivity (Wildman–Crippen MR) is 93.5 cm³/mol. The van der Waals surface area contributed by atoms with Crippen LogP contribution in [0.3, 0.4) is 0 Å². The van der Waals surface area contributed by atoms with E-state index in [0.717, 1.165) is 18.7 Å². The number of ether oxygens (including phenoxy) is 1. The first kappa shape index (κ1) is 17.8. The quantitative estimate of drug-likeness (QED) is 0.436. The van der Waals surface area contributed by atoms with Gasteiger partial charge in [0.25, 0.3) is 0 Å². The second-order valence-corrected chi connectivity index (χ2v) is 5.37. The monoisotopic (exact) mass is 326 g/mol. The van der Waals surface area contributed by atoms with Gasteiger partial charge in [0.2, 0.25) is 6.04 Å². The zero-order valence-electron chi connectivity index (χ0n) is 13.8. The van der Waals surface area contributed by atoms with Crippen LogP contribution in [-0.2, 0) is 22.5 Å². The summed E-state index contributed by atoms with van der Waals surface area (Å²) in [6.07, 6.45) is 0.703. The van der Waals surface area contributed by atoms with Crippen molar-refractivity contribution < 1.29 is 9.53 Å². The Morgan fingerprint density at radius 2 is 1.83 bits per heavy atom. The molecule has 0 aliphatic carbocycles. The Morgan fingerprint density at radius 1 is 1.12 bits per heavy atom. The Kier molecular flexibility index (Phi) is 7.11. The Morgan fingerprint density at radius 3 is 2.54 bits per heavy atom. The molecular formula is C19H22N2O3. The summed E-state index contributed by atoms with van der Waals surface area (Å²) < 4.78 is 4.94. The first-order valence-corrected chi connectivity index (χ1v) is 8.07. The van der Waals surface area contributed by atoms with Crippen LogP contribution in [0.1, 0.15) is 29.7 Å². The molecule has 2 rings (SSSR count). The number of nitrogens with one attached hydrogen (secondary N) is 1. The van der Waals surface area contributed by atoms with Gasteiger partial charge in [-0.3, -0.25) is 0 Å². The highest BCUT2D eigenvalue weighted by molar-refractivity contribution is 5.78. The lowest BCUT2D eigenvalue weighted by Crippen LogP contribution is -2.19. The average molecular weight is 326 g/mol. The van der Waals surface area contributed by atoms with Gasteiger partial charge in [-0.25, -0.2) is 4.79 Å². The van der Waals surface area contributed by atoms with Crippen LogP contribution in [-0.4, -0.2) is 19.1 Å². The molecule has 0 saturated heterocycles. The molecule has 1 atom stereocenters. The van der Waals surface area contributed by atoms with Crippen LogP contribution in [0.4, 0.5) is 0 Å². The van der Waals surface area contributed by atoms with E-state index in [1.54, 1.807) is 19.1 Å². The Bertz CT molecular complexity index is 659. The molecule has 0 radical (unpaired) electrons. The van der Waals surface area contributed by atoms with Gasteiger partial charge >= 0.3 is 5.97 Å². The lowest BCUT2D eigenvalue weighted by molar-refractivity contribution is -0.144. The van der Waals surface area contributed by atoms with Crippen LogP contribution in [0.15, 0.2) is 59.8 Å². The minimum absolute atomic E-state index is 0.228. The molecule has 5 nitrogen and oxygen atoms in total. The van der Waals surface area contributed by atoms with Gasteiger partial charge in [-0.15, -0.1) is 4.91 Å². The molecule has 2 aromatic rings. The molecule has 0 spiro atoms. The number of hydrogen-bond acceptors (Lipinski definition) is 5. The highest BCUT2D eigenvalue weighted by Crippen LogP contribution is 2.23. The van der Waals surface area contributed by atoms with Crippen molar-refractivity contribution >= 4 is 5.97 Å². The van der Waals surface area contributed by atoms with Gasteiger partial charge in [-0.2, -0.15) is 0 Å². The maximum absolute atomic E-state index is 11.9. The van der Waals surface area contributed by atoms with Crippen molar-refractivity contribution in [3.8, 4) is 0 Å². The summed E-state index contributed by atoms with van der Waals surface area (Å²) in [5, 5.41) is 6.33. The van der Waals surface area contributed by atoms with Crippen molar-refractivity contribution in [2.75, 3.05) is 13.2 Å². The second-order valence-electron chi connectivity index (χ2n) is 5.37. The molecule has 0 aromatic heterocycles. The van der Waals surface area contributed by atoms with Crippen LogP contribution >= 0.6 is 0 Å². The van der Waals surface area contributed by atoms with E-state index in [-0.39, 0.29) is 6.61 Å². The molecule has 0 fully saturated rings. The summed E-state index contributed by atoms with van der Waals surface area (Å²) in [5.41, 5.74) is 2.76. The van der Waals surface area contributed by atoms with E-state index < -0.39 is 12.0 Å². The van der Waals surface area contributed by atoms with Crippen molar-refractivity contribution in [2.45, 2.75) is 25.9 Å². The summed E-state index contributed by atoms with van der Waals surface area (Å²) in [4.78, 5) is 23.0. The summed E-state index contributed by atoms with van der Waals surface area (Å²) in [6.45, 7) is 3.45. The normalized spacial score (nSPS) is 11.7. The predicted octanol–water partition coefficient (Wildman–Crippen LogP) is 3.39. The third-order valence-corrected chi connectivity index (χ3v) is 3.71. The van der Waals surface area contributed by atoms with E-state index in [4.69, 9.17) is 4.74 Å². The Labute approximate surface area is 142 Å². The largest absolute Gasteiger partial charge is 0.464 e. The van der Waals surface area contributed by atoms with Gasteiger partial charge in [-0.1, -0.05) is 54.6 Å². The average Bonchev–Trinajstić information content (AvgIpc) is 2.62. The Hall–Kier alpha value is -2.53. The molecule has 0 heterocycles. The van der Waals surface area contributed by atoms with Crippen LogP contribution in [0, 0.1) is 4.91 Å². The fourth-order valence-electron chi connectivity index (χ4n) is 2.53. The van der Waals surface area contributed by atoms with E-state index >= 15 is 0 Å². The minimum Gasteiger partial charge on any atom is -0.464 e. The summed E-state index contributed by atoms with van der Waals surface area (Å²) in [6, 6.07) is 16.4. The van der Waals surface area contributed by atoms with Crippen molar-refractivity contribution in [3.63, 3.8) is 0 Å². The van der Waals surface area contributed by atoms with Crippen LogP contribution < -0.4 is 5.32 Å². The summed E-state index contributed by atoms with van der Waals surface area (Å²) in [5.74, 6) is -0.600. The maximum Gasteiger partial charge on any atom is 0.339 e. The zero-order chi connectivity index (χ0) is 17.2. The molecule has 0 saturated carbocycles. The van der Waals surface area contributed by atoms with E-state index in [1.165, 1.54) is 5.56 Å². The van der Waals surface area contributed by atoms with Crippen molar-refractivity contribution in [1.82, 2.24) is 5.32 Å². The number of carbonyl (C=O) groups excluding carboxylic acids is 1. The molecular weight excluding hydrogens is 304 g/mol. The number of nitrogens with zero attached hydrogens (tertiary/aromatic N) is 1. The minimum atomic E-state index is -1.10. The molecule has 0 bridgehead atoms. The number of benzene rings is 2. The molecule has 0 aliphatic heterocycles. The van der Waals surface area contributed by atoms with E-state index in [9.17, 15) is 9.70 Å². The Balaban J connectivity index is 1.97. The molecule has 2 aromatic carbocycles. The van der Waals surface area contributed by atoms with Crippen molar-refractivity contribution in [3.05, 3.63) is 76.2 Å². The first-order valence-electron chi connectivity index (χ1n) is 8.07. The fraction of sp³-hybridized carbons (Fsp3) is 0.316. The van der Waals surface area contributed by atoms with Crippen molar-refractivity contribution in [1.29, 1.82) is 0 Å². The lowest BCUT2D eigenvalue weighted by Gasteiger charge is -2.14. The molecule has 0 amide bonds. The first-order chi connectivity index (χ1) is 11.8. The highest BCUT2D eigenvalue weighted by Gasteiger charge is 2.25. The number of esters is 1. The molecule has 1 N–H and O–H groups in total. The molecule has 1 unspecified atom stereocenters. The maximum atomic E-state index is 11.9. The van der Waals surface area contributed by atoms with Crippen LogP contribution in [0.2, 0.25) is 0 Å². The third-order valence-electron chi connectivity index (χ3n) is 3.71. The van der Waals surface area contributed by atoms with Crippen LogP contribution in [0.5, 0.6) is 0 Å². The zero-order valence-corrected chi connectivity index (χ0v) is 13.8. The van der Waals surface area contributed by atoms with Gasteiger partial charge in [0.05, 0.1) is 6.61 Å². The smallest absolute Gasteiger partial charge is 0.339 e. The number of rotatable bonds is 9. The standard InChI is InChI=1S/C19H22N2O3/c1-2-24-19(22)18(21-23)17-11-7-6-10-16(17)12-13-20-14-15-8-4-3-5-9-15/h3-11,18,20H,2,12-14H2,1H3. The molecule has 24 heavy (non-hydrogen) atoms. The summed E-state index contributed by atoms with van der Waals surface area (Å²) >= 11 is 0. The fourth-order valence-corrected chi connectivity index (χ4v) is 2.53. The van der Waals surface area contributed by atoms with E-state index in [0.29, 0.717) is 12.0 Å². The van der Waals surface area contributed by atoms with Gasteiger partial charge in [0, 0.05) is 6.54 Å². The topological polar surface area (TPSA) is 67.8 Å². The lowest BCUT2D eigenvalue weighted by atomic mass is 9.98. The second kappa shape index (κ2) is 9.57. The van der Waals surface area contributed by atoms with E-state index in [1.807, 2.05) is 30.3 Å². The van der Waals surface area contributed by atoms with Crippen LogP contribution in [0.25, 0.3) is 0 Å². The van der Waals surface area contributed by atoms with Crippen molar-refractivity contribution in [2.24, 2.45) is 5.18 Å². The van der Waals surface area contributed by atoms with Gasteiger partial charge in [0.15, 0.2) is 0 Å². The summed E-state index contributed by atoms with van der Waals surface area (Å²) in [7, 11) is 0. The van der Waals surface area contributed by atoms with Gasteiger partial charge in [-0.05, 0) is 41.8 Å². The van der Waals surface area contributed by atoms with E-state index in [2.05, 4.69) is 22.6 Å².